The second-order valence-electron chi connectivity index (χ2n) is 7.76. The van der Waals surface area contributed by atoms with Crippen LogP contribution >= 0.6 is 0 Å². The zero-order chi connectivity index (χ0) is 19.7. The smallest absolute Gasteiger partial charge is 0.329 e. The van der Waals surface area contributed by atoms with Gasteiger partial charge < -0.3 is 19.9 Å². The highest BCUT2D eigenvalue weighted by molar-refractivity contribution is 5.86. The zero-order valence-corrected chi connectivity index (χ0v) is 16.5. The fourth-order valence-corrected chi connectivity index (χ4v) is 3.51. The number of benzene rings is 2. The molecule has 2 aromatic rings. The van der Waals surface area contributed by atoms with Crippen molar-refractivity contribution in [3.8, 4) is 16.9 Å². The van der Waals surface area contributed by atoms with Crippen LogP contribution in [0.4, 0.5) is 5.69 Å². The summed E-state index contributed by atoms with van der Waals surface area (Å²) in [5, 5.41) is 12.7. The van der Waals surface area contributed by atoms with Gasteiger partial charge in [-0.3, -0.25) is 0 Å². The Balaban J connectivity index is 1.68. The van der Waals surface area contributed by atoms with Gasteiger partial charge >= 0.3 is 5.97 Å². The molecule has 0 spiro atoms. The lowest BCUT2D eigenvalue weighted by molar-refractivity contribution is -0.138. The van der Waals surface area contributed by atoms with Crippen LogP contribution < -0.4 is 10.1 Å². The maximum Gasteiger partial charge on any atom is 0.329 e. The Labute approximate surface area is 165 Å². The molecule has 2 aliphatic carbocycles. The van der Waals surface area contributed by atoms with Gasteiger partial charge in [0.05, 0.1) is 19.3 Å². The van der Waals surface area contributed by atoms with Crippen LogP contribution in [0, 0.1) is 6.92 Å². The first-order chi connectivity index (χ1) is 13.5. The van der Waals surface area contributed by atoms with Gasteiger partial charge in [-0.25, -0.2) is 4.79 Å². The molecule has 0 heterocycles. The molecule has 2 fully saturated rings. The molecule has 2 saturated carbocycles. The number of carbonyl (C=O) groups is 1. The normalized spacial score (nSPS) is 17.2. The summed E-state index contributed by atoms with van der Waals surface area (Å²) in [5.74, 6) is 0.103. The molecule has 5 nitrogen and oxygen atoms in total. The molecule has 0 amide bonds. The fraction of sp³-hybridized carbons (Fsp3) is 0.435. The minimum atomic E-state index is -0.805. The van der Waals surface area contributed by atoms with Gasteiger partial charge in [0.25, 0.3) is 0 Å². The molecule has 5 heteroatoms. The predicted molar refractivity (Wildman–Crippen MR) is 109 cm³/mol. The summed E-state index contributed by atoms with van der Waals surface area (Å²) in [4.78, 5) is 11.5. The van der Waals surface area contributed by atoms with Crippen molar-refractivity contribution in [1.82, 2.24) is 0 Å². The molecule has 0 aliphatic heterocycles. The molecule has 0 aromatic heterocycles. The maximum atomic E-state index is 11.5. The number of ether oxygens (including phenoxy) is 2. The van der Waals surface area contributed by atoms with Gasteiger partial charge in [-0.1, -0.05) is 18.2 Å². The third-order valence-electron chi connectivity index (χ3n) is 5.52. The van der Waals surface area contributed by atoms with Crippen molar-refractivity contribution in [3.63, 3.8) is 0 Å². The van der Waals surface area contributed by atoms with Gasteiger partial charge in [-0.15, -0.1) is 0 Å². The molecule has 2 N–H and O–H groups in total. The molecule has 2 aromatic carbocycles. The van der Waals surface area contributed by atoms with E-state index in [1.54, 1.807) is 0 Å². The summed E-state index contributed by atoms with van der Waals surface area (Å²) in [6, 6.07) is 12.2. The predicted octanol–water partition coefficient (Wildman–Crippen LogP) is 4.77. The average molecular weight is 381 g/mol. The van der Waals surface area contributed by atoms with Crippen LogP contribution in [0.1, 0.15) is 43.7 Å². The molecular formula is C23H27NO4. The van der Waals surface area contributed by atoms with E-state index in [0.29, 0.717) is 32.2 Å². The Morgan fingerprint density at radius 3 is 2.64 bits per heavy atom. The van der Waals surface area contributed by atoms with Gasteiger partial charge in [-0.05, 0) is 80.0 Å². The molecule has 2 aliphatic rings. The first-order valence-electron chi connectivity index (χ1n) is 10.0. The van der Waals surface area contributed by atoms with Crippen molar-refractivity contribution < 1.29 is 19.4 Å². The van der Waals surface area contributed by atoms with Crippen molar-refractivity contribution in [2.24, 2.45) is 0 Å². The summed E-state index contributed by atoms with van der Waals surface area (Å²) < 4.78 is 11.8. The minimum Gasteiger partial charge on any atom is -0.494 e. The molecule has 0 unspecified atom stereocenters. The highest BCUT2D eigenvalue weighted by Gasteiger charge is 2.50. The molecule has 148 valence electrons. The lowest BCUT2D eigenvalue weighted by Crippen LogP contribution is -2.31. The second-order valence-corrected chi connectivity index (χ2v) is 7.76. The van der Waals surface area contributed by atoms with Crippen LogP contribution in [0.3, 0.4) is 0 Å². The van der Waals surface area contributed by atoms with E-state index >= 15 is 0 Å². The third kappa shape index (κ3) is 3.85. The largest absolute Gasteiger partial charge is 0.494 e. The summed E-state index contributed by atoms with van der Waals surface area (Å²) >= 11 is 0. The van der Waals surface area contributed by atoms with E-state index in [9.17, 15) is 9.90 Å². The monoisotopic (exact) mass is 381 g/mol. The molecule has 0 bridgehead atoms. The Morgan fingerprint density at radius 2 is 2.00 bits per heavy atom. The van der Waals surface area contributed by atoms with E-state index in [-0.39, 0.29) is 0 Å². The summed E-state index contributed by atoms with van der Waals surface area (Å²) in [7, 11) is 0. The molecular weight excluding hydrogens is 354 g/mol. The van der Waals surface area contributed by atoms with Crippen molar-refractivity contribution in [3.05, 3.63) is 47.5 Å². The molecule has 0 atom stereocenters. The van der Waals surface area contributed by atoms with Gasteiger partial charge in [0.2, 0.25) is 0 Å². The number of aliphatic carboxylic acids is 1. The third-order valence-corrected chi connectivity index (χ3v) is 5.52. The van der Waals surface area contributed by atoms with Crippen molar-refractivity contribution in [2.45, 2.75) is 57.8 Å². The minimum absolute atomic E-state index is 0.356. The number of nitrogens with one attached hydrogen (secondary N) is 1. The Bertz CT molecular complexity index is 884. The highest BCUT2D eigenvalue weighted by atomic mass is 16.5. The SMILES string of the molecule is CCOc1cccc(-c2ccc(NC3(C(=O)O)CC3)cc2COC2CC2)c1C. The molecule has 28 heavy (non-hydrogen) atoms. The lowest BCUT2D eigenvalue weighted by atomic mass is 9.95. The van der Waals surface area contributed by atoms with E-state index in [4.69, 9.17) is 9.47 Å². The van der Waals surface area contributed by atoms with Crippen LogP contribution in [-0.2, 0) is 16.1 Å². The number of hydrogen-bond acceptors (Lipinski definition) is 4. The van der Waals surface area contributed by atoms with Crippen LogP contribution in [0.2, 0.25) is 0 Å². The Morgan fingerprint density at radius 1 is 1.21 bits per heavy atom. The van der Waals surface area contributed by atoms with Gasteiger partial charge in [-0.2, -0.15) is 0 Å². The van der Waals surface area contributed by atoms with Crippen molar-refractivity contribution in [1.29, 1.82) is 0 Å². The van der Waals surface area contributed by atoms with Crippen molar-refractivity contribution >= 4 is 11.7 Å². The van der Waals surface area contributed by atoms with Crippen LogP contribution in [0.15, 0.2) is 36.4 Å². The number of hydrogen-bond donors (Lipinski definition) is 2. The van der Waals surface area contributed by atoms with E-state index in [1.807, 2.05) is 31.2 Å². The van der Waals surface area contributed by atoms with Gasteiger partial charge in [0.1, 0.15) is 11.3 Å². The quantitative estimate of drug-likeness (QED) is 0.655. The number of rotatable bonds is 9. The first-order valence-corrected chi connectivity index (χ1v) is 10.0. The van der Waals surface area contributed by atoms with Gasteiger partial charge in [0.15, 0.2) is 0 Å². The summed E-state index contributed by atoms with van der Waals surface area (Å²) in [5.41, 5.74) is 4.41. The Kier molecular flexibility index (Phi) is 5.02. The van der Waals surface area contributed by atoms with Crippen molar-refractivity contribution in [2.75, 3.05) is 11.9 Å². The zero-order valence-electron chi connectivity index (χ0n) is 16.5. The van der Waals surface area contributed by atoms with E-state index < -0.39 is 11.5 Å². The second kappa shape index (κ2) is 7.47. The van der Waals surface area contributed by atoms with E-state index in [0.717, 1.165) is 46.5 Å². The van der Waals surface area contributed by atoms with Crippen LogP contribution in [0.25, 0.3) is 11.1 Å². The summed E-state index contributed by atoms with van der Waals surface area (Å²) in [6.45, 7) is 5.20. The number of carboxylic acid groups (broad SMARTS) is 1. The number of carboxylic acids is 1. The summed E-state index contributed by atoms with van der Waals surface area (Å²) in [6.07, 6.45) is 3.91. The first kappa shape index (κ1) is 18.8. The molecule has 4 rings (SSSR count). The standard InChI is InChI=1S/C23H27NO4/c1-3-27-21-6-4-5-19(15(21)2)20-10-7-17(24-23(11-12-23)22(25)26)13-16(20)14-28-18-8-9-18/h4-7,10,13,18,24H,3,8-9,11-12,14H2,1-2H3,(H,25,26). The fourth-order valence-electron chi connectivity index (χ4n) is 3.51. The Hall–Kier alpha value is -2.53. The highest BCUT2D eigenvalue weighted by Crippen LogP contribution is 2.41. The molecule has 0 saturated heterocycles. The average Bonchev–Trinajstić information content (AvgIpc) is 3.58. The molecule has 0 radical (unpaired) electrons. The topological polar surface area (TPSA) is 67.8 Å². The number of anilines is 1. The van der Waals surface area contributed by atoms with Crippen LogP contribution in [0.5, 0.6) is 5.75 Å². The van der Waals surface area contributed by atoms with E-state index in [1.165, 1.54) is 0 Å². The maximum absolute atomic E-state index is 11.5. The lowest BCUT2D eigenvalue weighted by Gasteiger charge is -2.19. The van der Waals surface area contributed by atoms with Crippen LogP contribution in [-0.4, -0.2) is 29.3 Å². The van der Waals surface area contributed by atoms with Gasteiger partial charge in [0, 0.05) is 5.69 Å². The van der Waals surface area contributed by atoms with E-state index in [2.05, 4.69) is 24.4 Å².